The van der Waals surface area contributed by atoms with Gasteiger partial charge in [0.15, 0.2) is 15.9 Å². The molecule has 0 amide bonds. The molecule has 0 saturated heterocycles. The Morgan fingerprint density at radius 3 is 2.11 bits per heavy atom. The highest BCUT2D eigenvalue weighted by Crippen LogP contribution is 2.32. The van der Waals surface area contributed by atoms with Crippen molar-refractivity contribution in [1.29, 1.82) is 0 Å². The van der Waals surface area contributed by atoms with Crippen LogP contribution in [0.1, 0.15) is 25.0 Å². The van der Waals surface area contributed by atoms with Crippen LogP contribution in [0.5, 0.6) is 0 Å². The molecule has 0 aliphatic carbocycles. The number of sulfone groups is 1. The summed E-state index contributed by atoms with van der Waals surface area (Å²) in [5, 5.41) is 8.98. The molecule has 0 radical (unpaired) electrons. The first-order valence-corrected chi connectivity index (χ1v) is 6.91. The fraction of sp³-hybridized carbons (Fsp3) is 0.455. The van der Waals surface area contributed by atoms with E-state index in [9.17, 15) is 21.6 Å². The number of hydrogen-bond donors (Lipinski definition) is 1. The summed E-state index contributed by atoms with van der Waals surface area (Å²) in [7, 11) is -3.45. The normalized spacial score (nSPS) is 14.5. The first-order chi connectivity index (χ1) is 8.18. The molecule has 18 heavy (non-hydrogen) atoms. The maximum absolute atomic E-state index is 12.2. The Hall–Kier alpha value is -1.08. The highest BCUT2D eigenvalue weighted by Gasteiger charge is 2.39. The number of aliphatic hydroxyl groups excluding tert-OH is 1. The van der Waals surface area contributed by atoms with E-state index in [4.69, 9.17) is 5.11 Å². The van der Waals surface area contributed by atoms with Crippen LogP contribution in [0.3, 0.4) is 0 Å². The molecule has 0 aliphatic rings. The van der Waals surface area contributed by atoms with E-state index in [-0.39, 0.29) is 16.2 Å². The largest absolute Gasteiger partial charge is 0.418 e. The van der Waals surface area contributed by atoms with Crippen molar-refractivity contribution in [2.75, 3.05) is 5.75 Å². The summed E-state index contributed by atoms with van der Waals surface area (Å²) in [6, 6.07) is 4.10. The standard InChI is InChI=1S/C11H13F3O3S/c1-2-7-18(16,17)9-5-3-8(4-6-9)10(15)11(12,13)14/h3-6,10,15H,2,7H2,1H3. The zero-order chi connectivity index (χ0) is 14.0. The summed E-state index contributed by atoms with van der Waals surface area (Å²) >= 11 is 0. The Balaban J connectivity index is 3.01. The zero-order valence-electron chi connectivity index (χ0n) is 9.61. The summed E-state index contributed by atoms with van der Waals surface area (Å²) < 4.78 is 59.9. The molecule has 0 saturated carbocycles. The van der Waals surface area contributed by atoms with Crippen LogP contribution in [0, 0.1) is 0 Å². The SMILES string of the molecule is CCCS(=O)(=O)c1ccc(C(O)C(F)(F)F)cc1. The van der Waals surface area contributed by atoms with Crippen LogP contribution in [0.2, 0.25) is 0 Å². The molecule has 0 fully saturated rings. The van der Waals surface area contributed by atoms with E-state index in [1.54, 1.807) is 6.92 Å². The number of hydrogen-bond acceptors (Lipinski definition) is 3. The van der Waals surface area contributed by atoms with Crippen LogP contribution in [-0.2, 0) is 9.84 Å². The molecule has 0 spiro atoms. The smallest absolute Gasteiger partial charge is 0.379 e. The molecular weight excluding hydrogens is 269 g/mol. The van der Waals surface area contributed by atoms with Crippen molar-refractivity contribution in [3.63, 3.8) is 0 Å². The van der Waals surface area contributed by atoms with Crippen LogP contribution in [0.4, 0.5) is 13.2 Å². The minimum atomic E-state index is -4.76. The van der Waals surface area contributed by atoms with E-state index in [1.165, 1.54) is 0 Å². The van der Waals surface area contributed by atoms with Gasteiger partial charge in [0.05, 0.1) is 10.6 Å². The average Bonchev–Trinajstić information content (AvgIpc) is 2.27. The fourth-order valence-electron chi connectivity index (χ4n) is 1.43. The summed E-state index contributed by atoms with van der Waals surface area (Å²) in [6.07, 6.45) is -6.93. The third kappa shape index (κ3) is 3.46. The molecular formula is C11H13F3O3S. The second kappa shape index (κ2) is 5.27. The first kappa shape index (κ1) is 15.0. The molecule has 1 N–H and O–H groups in total. The molecule has 1 unspecified atom stereocenters. The van der Waals surface area contributed by atoms with E-state index in [0.29, 0.717) is 6.42 Å². The molecule has 102 valence electrons. The van der Waals surface area contributed by atoms with Crippen molar-refractivity contribution < 1.29 is 26.7 Å². The predicted octanol–water partition coefficient (Wildman–Crippen LogP) is 2.47. The molecule has 7 heteroatoms. The van der Waals surface area contributed by atoms with Crippen molar-refractivity contribution in [2.24, 2.45) is 0 Å². The number of halogens is 3. The number of aliphatic hydroxyl groups is 1. The monoisotopic (exact) mass is 282 g/mol. The third-order valence-corrected chi connectivity index (χ3v) is 4.27. The van der Waals surface area contributed by atoms with Gasteiger partial charge in [-0.25, -0.2) is 8.42 Å². The molecule has 3 nitrogen and oxygen atoms in total. The van der Waals surface area contributed by atoms with Gasteiger partial charge in [0.2, 0.25) is 0 Å². The van der Waals surface area contributed by atoms with E-state index in [1.807, 2.05) is 0 Å². The molecule has 0 aromatic heterocycles. The van der Waals surface area contributed by atoms with Crippen molar-refractivity contribution in [3.8, 4) is 0 Å². The second-order valence-electron chi connectivity index (χ2n) is 3.83. The Labute approximate surface area is 103 Å². The van der Waals surface area contributed by atoms with Crippen LogP contribution in [0.15, 0.2) is 29.2 Å². The quantitative estimate of drug-likeness (QED) is 0.923. The maximum Gasteiger partial charge on any atom is 0.418 e. The van der Waals surface area contributed by atoms with Crippen molar-refractivity contribution in [2.45, 2.75) is 30.5 Å². The number of benzene rings is 1. The minimum absolute atomic E-state index is 0.0394. The van der Waals surface area contributed by atoms with Gasteiger partial charge >= 0.3 is 6.18 Å². The van der Waals surface area contributed by atoms with Gasteiger partial charge in [-0.15, -0.1) is 0 Å². The minimum Gasteiger partial charge on any atom is -0.379 e. The number of alkyl halides is 3. The zero-order valence-corrected chi connectivity index (χ0v) is 10.4. The van der Waals surface area contributed by atoms with Gasteiger partial charge in [-0.1, -0.05) is 19.1 Å². The summed E-state index contributed by atoms with van der Waals surface area (Å²) in [6.45, 7) is 1.69. The van der Waals surface area contributed by atoms with E-state index in [0.717, 1.165) is 24.3 Å². The Morgan fingerprint density at radius 1 is 1.22 bits per heavy atom. The summed E-state index contributed by atoms with van der Waals surface area (Å²) in [4.78, 5) is -0.0394. The third-order valence-electron chi connectivity index (χ3n) is 2.34. The maximum atomic E-state index is 12.2. The van der Waals surface area contributed by atoms with Gasteiger partial charge in [0.25, 0.3) is 0 Å². The topological polar surface area (TPSA) is 54.4 Å². The fourth-order valence-corrected chi connectivity index (χ4v) is 2.76. The van der Waals surface area contributed by atoms with E-state index in [2.05, 4.69) is 0 Å². The van der Waals surface area contributed by atoms with Gasteiger partial charge in [-0.3, -0.25) is 0 Å². The first-order valence-electron chi connectivity index (χ1n) is 5.26. The highest BCUT2D eigenvalue weighted by atomic mass is 32.2. The van der Waals surface area contributed by atoms with Crippen LogP contribution >= 0.6 is 0 Å². The molecule has 0 heterocycles. The van der Waals surface area contributed by atoms with Crippen molar-refractivity contribution >= 4 is 9.84 Å². The van der Waals surface area contributed by atoms with Gasteiger partial charge in [0, 0.05) is 0 Å². The van der Waals surface area contributed by atoms with Gasteiger partial charge < -0.3 is 5.11 Å². The Bertz CT molecular complexity index is 491. The second-order valence-corrected chi connectivity index (χ2v) is 5.94. The van der Waals surface area contributed by atoms with Gasteiger partial charge in [-0.05, 0) is 24.1 Å². The lowest BCUT2D eigenvalue weighted by molar-refractivity contribution is -0.206. The average molecular weight is 282 g/mol. The number of rotatable bonds is 4. The lowest BCUT2D eigenvalue weighted by Gasteiger charge is -2.15. The van der Waals surface area contributed by atoms with Gasteiger partial charge in [-0.2, -0.15) is 13.2 Å². The molecule has 1 atom stereocenters. The molecule has 1 aromatic rings. The molecule has 1 aromatic carbocycles. The van der Waals surface area contributed by atoms with E-state index < -0.39 is 22.1 Å². The highest BCUT2D eigenvalue weighted by molar-refractivity contribution is 7.91. The van der Waals surface area contributed by atoms with E-state index >= 15 is 0 Å². The molecule has 0 bridgehead atoms. The van der Waals surface area contributed by atoms with Gasteiger partial charge in [0.1, 0.15) is 0 Å². The Kier molecular flexibility index (Phi) is 4.39. The van der Waals surface area contributed by atoms with Crippen LogP contribution in [-0.4, -0.2) is 25.5 Å². The lowest BCUT2D eigenvalue weighted by atomic mass is 10.1. The summed E-state index contributed by atoms with van der Waals surface area (Å²) in [5.74, 6) is -0.0613. The molecule has 1 rings (SSSR count). The molecule has 0 aliphatic heterocycles. The van der Waals surface area contributed by atoms with Crippen molar-refractivity contribution in [3.05, 3.63) is 29.8 Å². The summed E-state index contributed by atoms with van der Waals surface area (Å²) in [5.41, 5.74) is -0.377. The predicted molar refractivity (Wildman–Crippen MR) is 59.8 cm³/mol. The Morgan fingerprint density at radius 2 is 1.72 bits per heavy atom. The van der Waals surface area contributed by atoms with Crippen LogP contribution in [0.25, 0.3) is 0 Å². The lowest BCUT2D eigenvalue weighted by Crippen LogP contribution is -2.20. The van der Waals surface area contributed by atoms with Crippen LogP contribution < -0.4 is 0 Å². The van der Waals surface area contributed by atoms with Crippen molar-refractivity contribution in [1.82, 2.24) is 0 Å².